The lowest BCUT2D eigenvalue weighted by atomic mass is 9.92. The van der Waals surface area contributed by atoms with Crippen LogP contribution in [0.5, 0.6) is 0 Å². The maximum Gasteiger partial charge on any atom is 0.332 e. The Morgan fingerprint density at radius 3 is 1.84 bits per heavy atom. The molecular formula is C27H36NO9P. The van der Waals surface area contributed by atoms with Gasteiger partial charge in [-0.1, -0.05) is 60.7 Å². The van der Waals surface area contributed by atoms with Crippen LogP contribution in [0, 0.1) is 0 Å². The number of hydrogen-bond donors (Lipinski definition) is 1. The second kappa shape index (κ2) is 14.5. The number of hydrogen-bond acceptors (Lipinski definition) is 9. The van der Waals surface area contributed by atoms with Crippen LogP contribution in [0.2, 0.25) is 0 Å². The van der Waals surface area contributed by atoms with Gasteiger partial charge in [-0.3, -0.25) is 14.2 Å². The fraction of sp³-hybridized carbons (Fsp3) is 0.481. The molecule has 2 aromatic carbocycles. The first-order valence-corrected chi connectivity index (χ1v) is 14.0. The zero-order valence-electron chi connectivity index (χ0n) is 22.1. The minimum absolute atomic E-state index is 0.131. The Bertz CT molecular complexity index is 1060. The van der Waals surface area contributed by atoms with Gasteiger partial charge in [-0.2, -0.15) is 0 Å². The first-order chi connectivity index (χ1) is 18.2. The van der Waals surface area contributed by atoms with Crippen LogP contribution in [0.4, 0.5) is 0 Å². The van der Waals surface area contributed by atoms with Crippen LogP contribution >= 0.6 is 7.60 Å². The maximum absolute atomic E-state index is 13.1. The summed E-state index contributed by atoms with van der Waals surface area (Å²) in [6.07, 6.45) is -3.33. The van der Waals surface area contributed by atoms with Gasteiger partial charge in [-0.25, -0.2) is 0 Å². The Balaban J connectivity index is 1.98. The second-order valence-corrected chi connectivity index (χ2v) is 11.2. The Kier molecular flexibility index (Phi) is 11.5. The minimum atomic E-state index is -3.56. The molecule has 1 amide bonds. The third kappa shape index (κ3) is 8.73. The van der Waals surface area contributed by atoms with Gasteiger partial charge in [-0.05, 0) is 11.1 Å². The molecule has 10 nitrogen and oxygen atoms in total. The second-order valence-electron chi connectivity index (χ2n) is 8.92. The first-order valence-electron chi connectivity index (χ1n) is 12.3. The number of amides is 1. The molecule has 1 aliphatic rings. The molecule has 2 aromatic rings. The van der Waals surface area contributed by atoms with E-state index in [9.17, 15) is 14.2 Å². The van der Waals surface area contributed by atoms with Crippen molar-refractivity contribution in [3.8, 4) is 0 Å². The van der Waals surface area contributed by atoms with Gasteiger partial charge in [0, 0.05) is 28.1 Å². The normalized spacial score (nSPS) is 23.5. The van der Waals surface area contributed by atoms with Crippen LogP contribution in [0.1, 0.15) is 25.0 Å². The lowest BCUT2D eigenvalue weighted by molar-refractivity contribution is -0.227. The van der Waals surface area contributed by atoms with Crippen molar-refractivity contribution in [1.29, 1.82) is 0 Å². The number of carbonyl (C=O) groups excluding carboxylic acids is 2. The zero-order chi connectivity index (χ0) is 27.5. The van der Waals surface area contributed by atoms with Crippen molar-refractivity contribution in [2.75, 3.05) is 27.0 Å². The Morgan fingerprint density at radius 2 is 1.37 bits per heavy atom. The number of rotatable bonds is 13. The average molecular weight is 550 g/mol. The molecule has 1 fully saturated rings. The summed E-state index contributed by atoms with van der Waals surface area (Å²) < 4.78 is 47.8. The fourth-order valence-electron chi connectivity index (χ4n) is 4.29. The highest BCUT2D eigenvalue weighted by atomic mass is 31.2. The van der Waals surface area contributed by atoms with Crippen LogP contribution in [0.15, 0.2) is 60.7 Å². The molecule has 11 heteroatoms. The summed E-state index contributed by atoms with van der Waals surface area (Å²) in [5, 5.41) is 2.89. The molecular weight excluding hydrogens is 513 g/mol. The van der Waals surface area contributed by atoms with Crippen LogP contribution in [0.25, 0.3) is 0 Å². The molecule has 5 atom stereocenters. The van der Waals surface area contributed by atoms with E-state index in [0.29, 0.717) is 0 Å². The topological polar surface area (TPSA) is 119 Å². The predicted molar refractivity (Wildman–Crippen MR) is 139 cm³/mol. The number of benzene rings is 2. The Labute approximate surface area is 223 Å². The third-order valence-electron chi connectivity index (χ3n) is 6.15. The van der Waals surface area contributed by atoms with Crippen molar-refractivity contribution in [3.05, 3.63) is 71.8 Å². The van der Waals surface area contributed by atoms with E-state index in [0.717, 1.165) is 11.1 Å². The van der Waals surface area contributed by atoms with E-state index >= 15 is 0 Å². The van der Waals surface area contributed by atoms with Crippen molar-refractivity contribution < 1.29 is 42.1 Å². The molecule has 3 rings (SSSR count). The van der Waals surface area contributed by atoms with E-state index < -0.39 is 44.0 Å². The van der Waals surface area contributed by atoms with Gasteiger partial charge in [0.05, 0.1) is 31.5 Å². The summed E-state index contributed by atoms with van der Waals surface area (Å²) in [5.41, 5.74) is 1.83. The molecule has 1 aliphatic heterocycles. The van der Waals surface area contributed by atoms with Gasteiger partial charge in [0.25, 0.3) is 0 Å². The molecule has 38 heavy (non-hydrogen) atoms. The van der Waals surface area contributed by atoms with Crippen molar-refractivity contribution in [2.24, 2.45) is 0 Å². The van der Waals surface area contributed by atoms with Crippen LogP contribution in [0.3, 0.4) is 0 Å². The first kappa shape index (κ1) is 30.0. The lowest BCUT2D eigenvalue weighted by Crippen LogP contribution is -2.66. The van der Waals surface area contributed by atoms with Gasteiger partial charge >= 0.3 is 13.6 Å². The molecule has 0 bridgehead atoms. The fourth-order valence-corrected chi connectivity index (χ4v) is 5.49. The summed E-state index contributed by atoms with van der Waals surface area (Å²) in [5.74, 6) is -0.820. The highest BCUT2D eigenvalue weighted by Crippen LogP contribution is 2.48. The number of esters is 1. The average Bonchev–Trinajstić information content (AvgIpc) is 2.92. The molecule has 1 N–H and O–H groups in total. The summed E-state index contributed by atoms with van der Waals surface area (Å²) in [4.78, 5) is 24.0. The number of ether oxygens (including phenoxy) is 4. The van der Waals surface area contributed by atoms with E-state index in [-0.39, 0.29) is 31.9 Å². The largest absolute Gasteiger partial charge is 0.463 e. The third-order valence-corrected chi connectivity index (χ3v) is 8.07. The quantitative estimate of drug-likeness (QED) is 0.296. The summed E-state index contributed by atoms with van der Waals surface area (Å²) in [6.45, 7) is 2.98. The van der Waals surface area contributed by atoms with Gasteiger partial charge < -0.3 is 33.3 Å². The van der Waals surface area contributed by atoms with E-state index in [2.05, 4.69) is 5.32 Å². The molecule has 2 unspecified atom stereocenters. The van der Waals surface area contributed by atoms with Crippen molar-refractivity contribution in [1.82, 2.24) is 5.32 Å². The van der Waals surface area contributed by atoms with Gasteiger partial charge in [0.15, 0.2) is 0 Å². The predicted octanol–water partition coefficient (Wildman–Crippen LogP) is 3.48. The zero-order valence-corrected chi connectivity index (χ0v) is 23.0. The van der Waals surface area contributed by atoms with E-state index in [4.69, 9.17) is 28.0 Å². The van der Waals surface area contributed by atoms with Crippen LogP contribution in [-0.2, 0) is 55.4 Å². The van der Waals surface area contributed by atoms with E-state index in [1.807, 2.05) is 60.7 Å². The Morgan fingerprint density at radius 1 is 0.842 bits per heavy atom. The van der Waals surface area contributed by atoms with Crippen LogP contribution < -0.4 is 5.32 Å². The maximum atomic E-state index is 13.1. The van der Waals surface area contributed by atoms with Gasteiger partial charge in [0.2, 0.25) is 5.91 Å². The van der Waals surface area contributed by atoms with Crippen LogP contribution in [-0.4, -0.2) is 69.3 Å². The Hall–Kier alpha value is -2.59. The lowest BCUT2D eigenvalue weighted by Gasteiger charge is -2.46. The monoisotopic (exact) mass is 549 g/mol. The molecule has 0 aromatic heterocycles. The van der Waals surface area contributed by atoms with Crippen molar-refractivity contribution >= 4 is 19.5 Å². The van der Waals surface area contributed by atoms with E-state index in [1.165, 1.54) is 28.1 Å². The molecule has 0 spiro atoms. The smallest absolute Gasteiger partial charge is 0.332 e. The molecule has 0 radical (unpaired) electrons. The molecule has 0 aliphatic carbocycles. The molecule has 1 saturated heterocycles. The number of carbonyl (C=O) groups is 2. The molecule has 0 saturated carbocycles. The minimum Gasteiger partial charge on any atom is -0.463 e. The molecule has 208 valence electrons. The van der Waals surface area contributed by atoms with Gasteiger partial charge in [0.1, 0.15) is 24.9 Å². The standard InChI is InChI=1S/C27H36NO9P/c1-19(29)28-25-24(18-38(31,32-3)33-4)37-23(17-34-20(2)30)26(35-15-21-11-7-5-8-12-21)27(25)36-16-22-13-9-6-10-14-22/h5-14,23-27H,15-18H2,1-4H3,(H,28,29)/t23?,24-,25?,26-,27+/m1/s1. The summed E-state index contributed by atoms with van der Waals surface area (Å²) in [6, 6.07) is 18.3. The molecule has 1 heterocycles. The summed E-state index contributed by atoms with van der Waals surface area (Å²) >= 11 is 0. The highest BCUT2D eigenvalue weighted by Gasteiger charge is 2.50. The van der Waals surface area contributed by atoms with Crippen molar-refractivity contribution in [3.63, 3.8) is 0 Å². The SMILES string of the molecule is COP(=O)(C[C@H]1OC(COC(C)=O)[C@@H](OCc2ccccc2)[C@@H](OCc2ccccc2)C1NC(C)=O)OC. The highest BCUT2D eigenvalue weighted by molar-refractivity contribution is 7.53. The summed E-state index contributed by atoms with van der Waals surface area (Å²) in [7, 11) is -0.994. The van der Waals surface area contributed by atoms with Gasteiger partial charge in [-0.15, -0.1) is 0 Å². The van der Waals surface area contributed by atoms with Crippen molar-refractivity contribution in [2.45, 2.75) is 57.5 Å². The van der Waals surface area contributed by atoms with E-state index in [1.54, 1.807) is 0 Å². The number of nitrogens with one attached hydrogen (secondary N) is 1.